The molecule has 0 radical (unpaired) electrons. The molecule has 0 aliphatic heterocycles. The van der Waals surface area contributed by atoms with Crippen LogP contribution >= 0.6 is 11.6 Å². The summed E-state index contributed by atoms with van der Waals surface area (Å²) in [5.74, 6) is 0. The van der Waals surface area contributed by atoms with Crippen molar-refractivity contribution < 1.29 is 4.74 Å². The number of nitrogens with zero attached hydrogens (tertiary/aromatic N) is 2. The van der Waals surface area contributed by atoms with E-state index in [4.69, 9.17) is 22.1 Å². The fourth-order valence-corrected chi connectivity index (χ4v) is 2.26. The van der Waals surface area contributed by atoms with Gasteiger partial charge in [0, 0.05) is 5.56 Å². The minimum Gasteiger partial charge on any atom is -0.467 e. The molecule has 0 fully saturated rings. The average molecular weight is 286 g/mol. The van der Waals surface area contributed by atoms with Gasteiger partial charge in [0.2, 0.25) is 0 Å². The van der Waals surface area contributed by atoms with Crippen LogP contribution in [0.5, 0.6) is 6.01 Å². The van der Waals surface area contributed by atoms with Crippen molar-refractivity contribution in [2.24, 2.45) is 0 Å². The first-order valence-corrected chi connectivity index (χ1v) is 6.43. The van der Waals surface area contributed by atoms with Crippen LogP contribution < -0.4 is 10.5 Å². The molecule has 20 heavy (non-hydrogen) atoms. The first-order valence-electron chi connectivity index (χ1n) is 6.06. The molecule has 0 saturated heterocycles. The molecule has 0 unspecified atom stereocenters. The van der Waals surface area contributed by atoms with Crippen molar-refractivity contribution >= 4 is 28.2 Å². The number of methoxy groups -OCH3 is 1. The Labute approximate surface area is 121 Å². The molecule has 0 aliphatic carbocycles. The van der Waals surface area contributed by atoms with Gasteiger partial charge in [-0.05, 0) is 12.1 Å². The molecule has 0 bridgehead atoms. The molecule has 3 rings (SSSR count). The highest BCUT2D eigenvalue weighted by Gasteiger charge is 2.14. The number of halogens is 1. The Morgan fingerprint density at radius 1 is 1.05 bits per heavy atom. The molecule has 5 heteroatoms. The van der Waals surface area contributed by atoms with E-state index >= 15 is 0 Å². The zero-order chi connectivity index (χ0) is 14.1. The summed E-state index contributed by atoms with van der Waals surface area (Å²) in [7, 11) is 1.54. The molecule has 1 aromatic heterocycles. The highest BCUT2D eigenvalue weighted by atomic mass is 35.5. The molecule has 0 amide bonds. The SMILES string of the molecule is COc1nc(-c2ccccc2)c2c(N)c(Cl)ccc2n1. The lowest BCUT2D eigenvalue weighted by Gasteiger charge is -2.11. The summed E-state index contributed by atoms with van der Waals surface area (Å²) in [5, 5.41) is 1.23. The fraction of sp³-hybridized carbons (Fsp3) is 0.0667. The molecule has 0 spiro atoms. The fourth-order valence-electron chi connectivity index (χ4n) is 2.10. The Bertz CT molecular complexity index is 775. The molecule has 100 valence electrons. The normalized spacial score (nSPS) is 10.7. The topological polar surface area (TPSA) is 61.0 Å². The number of nitrogen functional groups attached to an aromatic ring is 1. The van der Waals surface area contributed by atoms with Gasteiger partial charge in [-0.25, -0.2) is 0 Å². The lowest BCUT2D eigenvalue weighted by atomic mass is 10.1. The van der Waals surface area contributed by atoms with Crippen LogP contribution in [0.1, 0.15) is 0 Å². The second-order valence-electron chi connectivity index (χ2n) is 4.28. The maximum atomic E-state index is 6.11. The van der Waals surface area contributed by atoms with E-state index in [-0.39, 0.29) is 0 Å². The third-order valence-electron chi connectivity index (χ3n) is 3.06. The Morgan fingerprint density at radius 2 is 1.80 bits per heavy atom. The van der Waals surface area contributed by atoms with Gasteiger partial charge in [-0.3, -0.25) is 0 Å². The van der Waals surface area contributed by atoms with Crippen molar-refractivity contribution in [3.8, 4) is 17.3 Å². The first kappa shape index (κ1) is 12.7. The van der Waals surface area contributed by atoms with Gasteiger partial charge in [-0.2, -0.15) is 9.97 Å². The van der Waals surface area contributed by atoms with Crippen LogP contribution in [0.15, 0.2) is 42.5 Å². The molecule has 2 N–H and O–H groups in total. The van der Waals surface area contributed by atoms with E-state index in [1.54, 1.807) is 6.07 Å². The third-order valence-corrected chi connectivity index (χ3v) is 3.39. The lowest BCUT2D eigenvalue weighted by Crippen LogP contribution is -1.99. The van der Waals surface area contributed by atoms with Gasteiger partial charge in [-0.1, -0.05) is 41.9 Å². The maximum absolute atomic E-state index is 6.11. The summed E-state index contributed by atoms with van der Waals surface area (Å²) >= 11 is 6.11. The van der Waals surface area contributed by atoms with Crippen molar-refractivity contribution in [1.82, 2.24) is 9.97 Å². The van der Waals surface area contributed by atoms with E-state index in [1.165, 1.54) is 7.11 Å². The zero-order valence-electron chi connectivity index (χ0n) is 10.8. The lowest BCUT2D eigenvalue weighted by molar-refractivity contribution is 0.382. The monoisotopic (exact) mass is 285 g/mol. The predicted octanol–water partition coefficient (Wildman–Crippen LogP) is 3.54. The molecular formula is C15H12ClN3O. The van der Waals surface area contributed by atoms with Crippen LogP contribution in [0.3, 0.4) is 0 Å². The van der Waals surface area contributed by atoms with Gasteiger partial charge in [0.05, 0.1) is 34.4 Å². The molecule has 2 aromatic carbocycles. The number of fused-ring (bicyclic) bond motifs is 1. The van der Waals surface area contributed by atoms with Crippen molar-refractivity contribution in [1.29, 1.82) is 0 Å². The Balaban J connectivity index is 2.42. The summed E-state index contributed by atoms with van der Waals surface area (Å²) in [6.07, 6.45) is 0. The molecule has 0 atom stereocenters. The quantitative estimate of drug-likeness (QED) is 0.732. The molecule has 1 heterocycles. The predicted molar refractivity (Wildman–Crippen MR) is 80.9 cm³/mol. The largest absolute Gasteiger partial charge is 0.467 e. The van der Waals surface area contributed by atoms with Crippen molar-refractivity contribution in [2.75, 3.05) is 12.8 Å². The van der Waals surface area contributed by atoms with Crippen molar-refractivity contribution in [2.45, 2.75) is 0 Å². The number of ether oxygens (including phenoxy) is 1. The highest BCUT2D eigenvalue weighted by molar-refractivity contribution is 6.35. The summed E-state index contributed by atoms with van der Waals surface area (Å²) < 4.78 is 5.16. The summed E-state index contributed by atoms with van der Waals surface area (Å²) in [6.45, 7) is 0. The smallest absolute Gasteiger partial charge is 0.317 e. The second-order valence-corrected chi connectivity index (χ2v) is 4.69. The van der Waals surface area contributed by atoms with Gasteiger partial charge >= 0.3 is 6.01 Å². The van der Waals surface area contributed by atoms with Gasteiger partial charge < -0.3 is 10.5 Å². The number of hydrogen-bond acceptors (Lipinski definition) is 4. The Hall–Kier alpha value is -2.33. The number of hydrogen-bond donors (Lipinski definition) is 1. The molecule has 4 nitrogen and oxygen atoms in total. The summed E-state index contributed by atoms with van der Waals surface area (Å²) in [5.41, 5.74) is 8.93. The molecule has 0 saturated carbocycles. The summed E-state index contributed by atoms with van der Waals surface area (Å²) in [4.78, 5) is 8.73. The van der Waals surface area contributed by atoms with Crippen LogP contribution in [-0.4, -0.2) is 17.1 Å². The third kappa shape index (κ3) is 2.04. The van der Waals surface area contributed by atoms with E-state index in [0.29, 0.717) is 27.9 Å². The van der Waals surface area contributed by atoms with Crippen LogP contribution in [0, 0.1) is 0 Å². The van der Waals surface area contributed by atoms with Gasteiger partial charge in [0.25, 0.3) is 0 Å². The standard InChI is InChI=1S/C15H12ClN3O/c1-20-15-18-11-8-7-10(16)13(17)12(11)14(19-15)9-5-3-2-4-6-9/h2-8H,17H2,1H3. The summed E-state index contributed by atoms with van der Waals surface area (Å²) in [6, 6.07) is 13.6. The molecule has 3 aromatic rings. The van der Waals surface area contributed by atoms with Gasteiger partial charge in [0.1, 0.15) is 0 Å². The minimum atomic E-state index is 0.304. The van der Waals surface area contributed by atoms with E-state index in [2.05, 4.69) is 9.97 Å². The van der Waals surface area contributed by atoms with E-state index in [1.807, 2.05) is 36.4 Å². The number of nitrogens with two attached hydrogens (primary N) is 1. The molecule has 0 aliphatic rings. The minimum absolute atomic E-state index is 0.304. The molecular weight excluding hydrogens is 274 g/mol. The van der Waals surface area contributed by atoms with Gasteiger partial charge in [0.15, 0.2) is 0 Å². The Morgan fingerprint density at radius 3 is 2.50 bits per heavy atom. The second kappa shape index (κ2) is 4.98. The van der Waals surface area contributed by atoms with Gasteiger partial charge in [-0.15, -0.1) is 0 Å². The van der Waals surface area contributed by atoms with Crippen molar-refractivity contribution in [3.63, 3.8) is 0 Å². The number of benzene rings is 2. The average Bonchev–Trinajstić information content (AvgIpc) is 2.51. The van der Waals surface area contributed by atoms with Crippen molar-refractivity contribution in [3.05, 3.63) is 47.5 Å². The maximum Gasteiger partial charge on any atom is 0.317 e. The van der Waals surface area contributed by atoms with E-state index in [0.717, 1.165) is 10.9 Å². The first-order chi connectivity index (χ1) is 9.70. The van der Waals surface area contributed by atoms with Crippen LogP contribution in [0.4, 0.5) is 5.69 Å². The van der Waals surface area contributed by atoms with Crippen LogP contribution in [-0.2, 0) is 0 Å². The zero-order valence-corrected chi connectivity index (χ0v) is 11.6. The highest BCUT2D eigenvalue weighted by Crippen LogP contribution is 2.35. The number of anilines is 1. The number of aromatic nitrogens is 2. The van der Waals surface area contributed by atoms with Crippen LogP contribution in [0.25, 0.3) is 22.2 Å². The number of rotatable bonds is 2. The van der Waals surface area contributed by atoms with Crippen LogP contribution in [0.2, 0.25) is 5.02 Å². The van der Waals surface area contributed by atoms with E-state index in [9.17, 15) is 0 Å². The Kier molecular flexibility index (Phi) is 3.16. The van der Waals surface area contributed by atoms with E-state index < -0.39 is 0 Å².